The Hall–Kier alpha value is -2.60. The molecule has 0 spiro atoms. The third-order valence-corrected chi connectivity index (χ3v) is 5.21. The smallest absolute Gasteiger partial charge is 0.306 e. The van der Waals surface area contributed by atoms with Gasteiger partial charge in [0, 0.05) is 24.5 Å². The standard InChI is InChI=1S/C21H26N2O4/c1-14-11-19(16(3)23(14)15(2)17-7-5-4-6-8-17)21(26)22-9-10-27-18(13-22)12-20(24)25/h4-8,11,15,18H,9-10,12-13H2,1-3H3,(H,24,25)/t15-,18-/m1/s1. The summed E-state index contributed by atoms with van der Waals surface area (Å²) in [5.41, 5.74) is 3.81. The van der Waals surface area contributed by atoms with E-state index in [0.717, 1.165) is 11.4 Å². The van der Waals surface area contributed by atoms with Gasteiger partial charge >= 0.3 is 5.97 Å². The van der Waals surface area contributed by atoms with Gasteiger partial charge in [0.25, 0.3) is 5.91 Å². The Kier molecular flexibility index (Phi) is 5.65. The molecule has 0 saturated carbocycles. The molecule has 144 valence electrons. The summed E-state index contributed by atoms with van der Waals surface area (Å²) in [6, 6.07) is 12.3. The molecule has 2 aromatic rings. The molecule has 1 aromatic heterocycles. The molecule has 27 heavy (non-hydrogen) atoms. The molecule has 1 amide bonds. The first-order chi connectivity index (χ1) is 12.9. The van der Waals surface area contributed by atoms with Gasteiger partial charge in [0.15, 0.2) is 0 Å². The highest BCUT2D eigenvalue weighted by Gasteiger charge is 2.29. The molecule has 3 rings (SSSR count). The molecule has 1 saturated heterocycles. The number of aromatic nitrogens is 1. The van der Waals surface area contributed by atoms with Gasteiger partial charge in [-0.25, -0.2) is 0 Å². The maximum absolute atomic E-state index is 13.1. The molecule has 2 heterocycles. The second-order valence-electron chi connectivity index (χ2n) is 7.08. The second kappa shape index (κ2) is 7.96. The molecule has 1 fully saturated rings. The zero-order valence-corrected chi connectivity index (χ0v) is 16.0. The van der Waals surface area contributed by atoms with Gasteiger partial charge in [-0.1, -0.05) is 30.3 Å². The number of aryl methyl sites for hydroxylation is 1. The molecule has 1 aromatic carbocycles. The van der Waals surface area contributed by atoms with Crippen LogP contribution in [0.15, 0.2) is 36.4 Å². The number of morpholine rings is 1. The Morgan fingerprint density at radius 2 is 1.96 bits per heavy atom. The summed E-state index contributed by atoms with van der Waals surface area (Å²) in [7, 11) is 0. The molecule has 0 unspecified atom stereocenters. The quantitative estimate of drug-likeness (QED) is 0.878. The van der Waals surface area contributed by atoms with Crippen LogP contribution < -0.4 is 0 Å². The van der Waals surface area contributed by atoms with Crippen molar-refractivity contribution in [3.8, 4) is 0 Å². The maximum Gasteiger partial charge on any atom is 0.306 e. The Balaban J connectivity index is 1.83. The van der Waals surface area contributed by atoms with Crippen molar-refractivity contribution >= 4 is 11.9 Å². The van der Waals surface area contributed by atoms with Gasteiger partial charge in [-0.15, -0.1) is 0 Å². The van der Waals surface area contributed by atoms with Crippen molar-refractivity contribution in [2.24, 2.45) is 0 Å². The van der Waals surface area contributed by atoms with Crippen molar-refractivity contribution in [1.82, 2.24) is 9.47 Å². The lowest BCUT2D eigenvalue weighted by atomic mass is 10.1. The number of hydrogen-bond acceptors (Lipinski definition) is 3. The van der Waals surface area contributed by atoms with Crippen molar-refractivity contribution < 1.29 is 19.4 Å². The Morgan fingerprint density at radius 3 is 2.63 bits per heavy atom. The van der Waals surface area contributed by atoms with E-state index in [0.29, 0.717) is 25.3 Å². The summed E-state index contributed by atoms with van der Waals surface area (Å²) in [6.45, 7) is 7.25. The SMILES string of the molecule is Cc1cc(C(=O)N2CCO[C@H](CC(=O)O)C2)c(C)n1[C@H](C)c1ccccc1. The van der Waals surface area contributed by atoms with E-state index in [4.69, 9.17) is 9.84 Å². The number of carboxylic acids is 1. The van der Waals surface area contributed by atoms with Gasteiger partial charge in [0.1, 0.15) is 0 Å². The molecular formula is C21H26N2O4. The molecule has 0 radical (unpaired) electrons. The van der Waals surface area contributed by atoms with Gasteiger partial charge in [0.05, 0.1) is 30.7 Å². The van der Waals surface area contributed by atoms with Gasteiger partial charge in [-0.2, -0.15) is 0 Å². The van der Waals surface area contributed by atoms with Crippen LogP contribution in [0.1, 0.15) is 46.7 Å². The number of nitrogens with zero attached hydrogens (tertiary/aromatic N) is 2. The van der Waals surface area contributed by atoms with Crippen molar-refractivity contribution in [3.63, 3.8) is 0 Å². The third-order valence-electron chi connectivity index (χ3n) is 5.21. The highest BCUT2D eigenvalue weighted by Crippen LogP contribution is 2.26. The molecule has 1 aliphatic heterocycles. The molecule has 6 heteroatoms. The first kappa shape index (κ1) is 19.2. The third kappa shape index (κ3) is 4.06. The maximum atomic E-state index is 13.1. The molecule has 1 aliphatic rings. The topological polar surface area (TPSA) is 71.8 Å². The van der Waals surface area contributed by atoms with Gasteiger partial charge in [-0.3, -0.25) is 9.59 Å². The first-order valence-electron chi connectivity index (χ1n) is 9.24. The van der Waals surface area contributed by atoms with Gasteiger partial charge in [-0.05, 0) is 32.4 Å². The lowest BCUT2D eigenvalue weighted by Gasteiger charge is -2.32. The van der Waals surface area contributed by atoms with Gasteiger partial charge < -0.3 is 19.3 Å². The summed E-state index contributed by atoms with van der Waals surface area (Å²) < 4.78 is 7.66. The lowest BCUT2D eigenvalue weighted by Crippen LogP contribution is -2.46. The van der Waals surface area contributed by atoms with Crippen molar-refractivity contribution in [2.45, 2.75) is 39.3 Å². The van der Waals surface area contributed by atoms with Crippen molar-refractivity contribution in [3.05, 3.63) is 58.9 Å². The monoisotopic (exact) mass is 370 g/mol. The minimum atomic E-state index is -0.913. The molecule has 0 aliphatic carbocycles. The van der Waals surface area contributed by atoms with E-state index >= 15 is 0 Å². The fourth-order valence-corrected chi connectivity index (χ4v) is 3.86. The van der Waals surface area contributed by atoms with E-state index in [1.54, 1.807) is 4.90 Å². The van der Waals surface area contributed by atoms with Crippen LogP contribution >= 0.6 is 0 Å². The van der Waals surface area contributed by atoms with Crippen LogP contribution in [0.2, 0.25) is 0 Å². The lowest BCUT2D eigenvalue weighted by molar-refractivity contribution is -0.141. The predicted molar refractivity (Wildman–Crippen MR) is 102 cm³/mol. The van der Waals surface area contributed by atoms with Crippen LogP contribution in [0.3, 0.4) is 0 Å². The summed E-state index contributed by atoms with van der Waals surface area (Å²) in [5, 5.41) is 8.97. The first-order valence-corrected chi connectivity index (χ1v) is 9.24. The van der Waals surface area contributed by atoms with E-state index in [9.17, 15) is 9.59 Å². The van der Waals surface area contributed by atoms with Crippen molar-refractivity contribution in [1.29, 1.82) is 0 Å². The Bertz CT molecular complexity index is 828. The average molecular weight is 370 g/mol. The number of aliphatic carboxylic acids is 1. The summed E-state index contributed by atoms with van der Waals surface area (Å²) in [4.78, 5) is 25.7. The normalized spacial score (nSPS) is 18.3. The fraction of sp³-hybridized carbons (Fsp3) is 0.429. The highest BCUT2D eigenvalue weighted by molar-refractivity contribution is 5.96. The van der Waals surface area contributed by atoms with Crippen LogP contribution in [0.5, 0.6) is 0 Å². The largest absolute Gasteiger partial charge is 0.481 e. The Labute approximate surface area is 159 Å². The molecule has 2 atom stereocenters. The van der Waals surface area contributed by atoms with Crippen molar-refractivity contribution in [2.75, 3.05) is 19.7 Å². The van der Waals surface area contributed by atoms with E-state index in [1.165, 1.54) is 5.56 Å². The zero-order chi connectivity index (χ0) is 19.6. The number of hydrogen-bond donors (Lipinski definition) is 1. The predicted octanol–water partition coefficient (Wildman–Crippen LogP) is 3.03. The van der Waals surface area contributed by atoms with Crippen LogP contribution in [0.4, 0.5) is 0 Å². The number of amides is 1. The summed E-state index contributed by atoms with van der Waals surface area (Å²) >= 11 is 0. The second-order valence-corrected chi connectivity index (χ2v) is 7.08. The van der Waals surface area contributed by atoms with Crippen LogP contribution in [0.25, 0.3) is 0 Å². The van der Waals surface area contributed by atoms with Gasteiger partial charge in [0.2, 0.25) is 0 Å². The minimum absolute atomic E-state index is 0.0618. The molecule has 1 N–H and O–H groups in total. The number of ether oxygens (including phenoxy) is 1. The minimum Gasteiger partial charge on any atom is -0.481 e. The van der Waals surface area contributed by atoms with Crippen LogP contribution in [0, 0.1) is 13.8 Å². The van der Waals surface area contributed by atoms with E-state index in [-0.39, 0.29) is 18.4 Å². The summed E-state index contributed by atoms with van der Waals surface area (Å²) in [5.74, 6) is -0.975. The fourth-order valence-electron chi connectivity index (χ4n) is 3.86. The number of carbonyl (C=O) groups is 2. The molecule has 6 nitrogen and oxygen atoms in total. The molecule has 0 bridgehead atoms. The number of rotatable bonds is 5. The van der Waals surface area contributed by atoms with Crippen LogP contribution in [-0.2, 0) is 9.53 Å². The highest BCUT2D eigenvalue weighted by atomic mass is 16.5. The molecular weight excluding hydrogens is 344 g/mol. The zero-order valence-electron chi connectivity index (χ0n) is 16.0. The van der Waals surface area contributed by atoms with E-state index in [1.807, 2.05) is 38.1 Å². The van der Waals surface area contributed by atoms with E-state index in [2.05, 4.69) is 23.6 Å². The number of benzene rings is 1. The number of carboxylic acid groups (broad SMARTS) is 1. The number of carbonyl (C=O) groups excluding carboxylic acids is 1. The Morgan fingerprint density at radius 1 is 1.26 bits per heavy atom. The summed E-state index contributed by atoms with van der Waals surface area (Å²) in [6.07, 6.45) is -0.541. The average Bonchev–Trinajstić information content (AvgIpc) is 2.95. The van der Waals surface area contributed by atoms with Crippen LogP contribution in [-0.4, -0.2) is 52.3 Å². The van der Waals surface area contributed by atoms with E-state index < -0.39 is 12.1 Å².